The summed E-state index contributed by atoms with van der Waals surface area (Å²) in [5.74, 6) is 0.537. The Morgan fingerprint density at radius 2 is 1.68 bits per heavy atom. The molecule has 1 heterocycles. The number of rotatable bonds is 2. The number of carbonyl (C=O) groups is 2. The van der Waals surface area contributed by atoms with Gasteiger partial charge in [-0.2, -0.15) is 0 Å². The van der Waals surface area contributed by atoms with E-state index in [1.54, 1.807) is 19.1 Å². The Labute approximate surface area is 116 Å². The first-order valence-electron chi connectivity index (χ1n) is 6.04. The van der Waals surface area contributed by atoms with Crippen molar-refractivity contribution in [2.24, 2.45) is 0 Å². The molecule has 1 aromatic rings. The van der Waals surface area contributed by atoms with Crippen molar-refractivity contribution < 1.29 is 14.3 Å². The average molecular weight is 283 g/mol. The van der Waals surface area contributed by atoms with Crippen molar-refractivity contribution in [3.05, 3.63) is 24.3 Å². The Balaban J connectivity index is 1.96. The molecule has 0 unspecified atom stereocenters. The van der Waals surface area contributed by atoms with E-state index < -0.39 is 5.43 Å². The van der Waals surface area contributed by atoms with Crippen LogP contribution in [0.4, 0.5) is 10.5 Å². The molecular formula is C13H15ClN2O3. The van der Waals surface area contributed by atoms with Crippen LogP contribution in [0.15, 0.2) is 24.3 Å². The number of amides is 1. The zero-order chi connectivity index (χ0) is 13.8. The summed E-state index contributed by atoms with van der Waals surface area (Å²) in [5.41, 5.74) is 0.195. The molecule has 102 valence electrons. The second kappa shape index (κ2) is 5.93. The highest BCUT2D eigenvalue weighted by Gasteiger charge is 2.18. The highest BCUT2D eigenvalue weighted by Crippen LogP contribution is 2.21. The molecule has 1 aliphatic rings. The lowest BCUT2D eigenvalue weighted by Crippen LogP contribution is -2.48. The van der Waals surface area contributed by atoms with Crippen LogP contribution in [0.25, 0.3) is 0 Å². The summed E-state index contributed by atoms with van der Waals surface area (Å²) in [6, 6.07) is 7.15. The van der Waals surface area contributed by atoms with Crippen molar-refractivity contribution in [2.75, 3.05) is 31.1 Å². The Morgan fingerprint density at radius 1 is 1.11 bits per heavy atom. The van der Waals surface area contributed by atoms with Gasteiger partial charge in [-0.05, 0) is 24.3 Å². The molecule has 6 heteroatoms. The molecule has 1 saturated heterocycles. The second-order valence-electron chi connectivity index (χ2n) is 4.33. The van der Waals surface area contributed by atoms with Gasteiger partial charge in [0.25, 0.3) is 0 Å². The fraction of sp³-hybridized carbons (Fsp3) is 0.385. The first kappa shape index (κ1) is 13.7. The quantitative estimate of drug-likeness (QED) is 0.780. The summed E-state index contributed by atoms with van der Waals surface area (Å²) in [6.07, 6.45) is 0. The van der Waals surface area contributed by atoms with E-state index in [4.69, 9.17) is 16.3 Å². The Bertz CT molecular complexity index is 467. The number of benzene rings is 1. The van der Waals surface area contributed by atoms with Gasteiger partial charge >= 0.3 is 5.43 Å². The van der Waals surface area contributed by atoms with Crippen molar-refractivity contribution in [1.82, 2.24) is 4.90 Å². The van der Waals surface area contributed by atoms with E-state index in [-0.39, 0.29) is 5.91 Å². The van der Waals surface area contributed by atoms with Gasteiger partial charge in [0.2, 0.25) is 5.91 Å². The number of ether oxygens (including phenoxy) is 1. The van der Waals surface area contributed by atoms with Crippen LogP contribution in [0.3, 0.4) is 0 Å². The van der Waals surface area contributed by atoms with Crippen molar-refractivity contribution in [1.29, 1.82) is 0 Å². The summed E-state index contributed by atoms with van der Waals surface area (Å²) < 4.78 is 4.76. The van der Waals surface area contributed by atoms with E-state index in [2.05, 4.69) is 4.90 Å². The molecular weight excluding hydrogens is 268 g/mol. The van der Waals surface area contributed by atoms with Crippen LogP contribution in [0.5, 0.6) is 5.75 Å². The topological polar surface area (TPSA) is 49.9 Å². The van der Waals surface area contributed by atoms with Gasteiger partial charge in [0.05, 0.1) is 0 Å². The van der Waals surface area contributed by atoms with E-state index in [9.17, 15) is 9.59 Å². The predicted molar refractivity (Wildman–Crippen MR) is 72.8 cm³/mol. The number of hydrogen-bond donors (Lipinski definition) is 0. The number of nitrogens with zero attached hydrogens (tertiary/aromatic N) is 2. The molecule has 0 atom stereocenters. The molecule has 1 amide bonds. The van der Waals surface area contributed by atoms with E-state index >= 15 is 0 Å². The van der Waals surface area contributed by atoms with Crippen molar-refractivity contribution in [3.63, 3.8) is 0 Å². The zero-order valence-electron chi connectivity index (χ0n) is 10.6. The Kier molecular flexibility index (Phi) is 4.27. The van der Waals surface area contributed by atoms with Crippen LogP contribution < -0.4 is 9.64 Å². The number of anilines is 1. The molecule has 2 rings (SSSR count). The molecule has 0 spiro atoms. The molecule has 0 bridgehead atoms. The molecule has 19 heavy (non-hydrogen) atoms. The summed E-state index contributed by atoms with van der Waals surface area (Å²) >= 11 is 5.14. The van der Waals surface area contributed by atoms with Gasteiger partial charge in [-0.25, -0.2) is 4.79 Å². The van der Waals surface area contributed by atoms with Gasteiger partial charge < -0.3 is 14.5 Å². The monoisotopic (exact) mass is 282 g/mol. The van der Waals surface area contributed by atoms with Gasteiger partial charge in [0.1, 0.15) is 5.75 Å². The van der Waals surface area contributed by atoms with Gasteiger partial charge in [-0.15, -0.1) is 0 Å². The Hall–Kier alpha value is -1.75. The second-order valence-corrected chi connectivity index (χ2v) is 4.64. The van der Waals surface area contributed by atoms with E-state index in [1.165, 1.54) is 0 Å². The minimum Gasteiger partial charge on any atom is -0.415 e. The minimum absolute atomic E-state index is 0.115. The summed E-state index contributed by atoms with van der Waals surface area (Å²) in [5, 5.41) is 0. The van der Waals surface area contributed by atoms with Crippen molar-refractivity contribution in [2.45, 2.75) is 6.92 Å². The van der Waals surface area contributed by atoms with E-state index in [1.807, 2.05) is 17.0 Å². The lowest BCUT2D eigenvalue weighted by molar-refractivity contribution is -0.129. The third-order valence-electron chi connectivity index (χ3n) is 3.12. The van der Waals surface area contributed by atoms with Crippen LogP contribution in [0, 0.1) is 0 Å². The average Bonchev–Trinajstić information content (AvgIpc) is 2.39. The maximum absolute atomic E-state index is 11.2. The fourth-order valence-corrected chi connectivity index (χ4v) is 2.19. The van der Waals surface area contributed by atoms with Crippen LogP contribution in [0.1, 0.15) is 6.92 Å². The van der Waals surface area contributed by atoms with E-state index in [0.717, 1.165) is 31.9 Å². The molecule has 1 aliphatic heterocycles. The fourth-order valence-electron chi connectivity index (χ4n) is 2.10. The molecule has 0 aliphatic carbocycles. The van der Waals surface area contributed by atoms with Crippen LogP contribution in [-0.2, 0) is 4.79 Å². The zero-order valence-corrected chi connectivity index (χ0v) is 11.4. The van der Waals surface area contributed by atoms with Gasteiger partial charge in [-0.1, -0.05) is 0 Å². The molecule has 0 saturated carbocycles. The van der Waals surface area contributed by atoms with Crippen molar-refractivity contribution in [3.8, 4) is 5.75 Å². The third-order valence-corrected chi connectivity index (χ3v) is 3.20. The summed E-state index contributed by atoms with van der Waals surface area (Å²) in [7, 11) is 0. The lowest BCUT2D eigenvalue weighted by Gasteiger charge is -2.35. The maximum atomic E-state index is 11.2. The third kappa shape index (κ3) is 3.61. The summed E-state index contributed by atoms with van der Waals surface area (Å²) in [4.78, 5) is 25.9. The van der Waals surface area contributed by atoms with Gasteiger partial charge in [0, 0.05) is 50.4 Å². The number of hydrogen-bond acceptors (Lipinski definition) is 4. The van der Waals surface area contributed by atoms with Crippen LogP contribution in [-0.4, -0.2) is 42.4 Å². The molecule has 0 aromatic heterocycles. The van der Waals surface area contributed by atoms with Gasteiger partial charge in [0.15, 0.2) is 0 Å². The largest absolute Gasteiger partial charge is 0.415 e. The Morgan fingerprint density at radius 3 is 2.16 bits per heavy atom. The van der Waals surface area contributed by atoms with Gasteiger partial charge in [-0.3, -0.25) is 4.79 Å². The molecule has 1 aromatic carbocycles. The first-order chi connectivity index (χ1) is 9.06. The normalized spacial score (nSPS) is 15.3. The molecule has 0 N–H and O–H groups in total. The van der Waals surface area contributed by atoms with Crippen LogP contribution >= 0.6 is 11.6 Å². The molecule has 5 nitrogen and oxygen atoms in total. The highest BCUT2D eigenvalue weighted by atomic mass is 35.5. The van der Waals surface area contributed by atoms with E-state index in [0.29, 0.717) is 5.75 Å². The smallest absolute Gasteiger partial charge is 0.409 e. The molecule has 0 radical (unpaired) electrons. The SMILES string of the molecule is CC(=O)N1CCN(c2ccc(OC(=O)Cl)cc2)CC1. The standard InChI is InChI=1S/C13H15ClN2O3/c1-10(17)15-6-8-16(9-7-15)11-2-4-12(5-3-11)19-13(14)18/h2-5H,6-9H2,1H3. The van der Waals surface area contributed by atoms with Crippen LogP contribution in [0.2, 0.25) is 0 Å². The molecule has 1 fully saturated rings. The number of piperazine rings is 1. The predicted octanol–water partition coefficient (Wildman–Crippen LogP) is 2.09. The maximum Gasteiger partial charge on any atom is 0.409 e. The van der Waals surface area contributed by atoms with Crippen molar-refractivity contribution >= 4 is 28.6 Å². The highest BCUT2D eigenvalue weighted by molar-refractivity contribution is 6.61. The minimum atomic E-state index is -0.845. The number of carbonyl (C=O) groups excluding carboxylic acids is 2. The first-order valence-corrected chi connectivity index (χ1v) is 6.42. The lowest BCUT2D eigenvalue weighted by atomic mass is 10.2. The number of halogens is 1. The summed E-state index contributed by atoms with van der Waals surface area (Å²) in [6.45, 7) is 4.65.